The molecule has 0 aromatic heterocycles. The quantitative estimate of drug-likeness (QED) is 0.595. The molecule has 1 rings (SSSR count). The molecule has 0 aromatic carbocycles. The van der Waals surface area contributed by atoms with Gasteiger partial charge in [0.1, 0.15) is 7.14 Å². The topological polar surface area (TPSA) is 17.1 Å². The van der Waals surface area contributed by atoms with Gasteiger partial charge in [0.15, 0.2) is 0 Å². The van der Waals surface area contributed by atoms with Gasteiger partial charge in [-0.3, -0.25) is 0 Å². The zero-order valence-electron chi connectivity index (χ0n) is 9.54. The summed E-state index contributed by atoms with van der Waals surface area (Å²) in [4.78, 5) is 0. The van der Waals surface area contributed by atoms with Crippen molar-refractivity contribution in [2.24, 2.45) is 5.92 Å². The van der Waals surface area contributed by atoms with Crippen LogP contribution in [0.1, 0.15) is 46.0 Å². The lowest BCUT2D eigenvalue weighted by molar-refractivity contribution is 0.485. The van der Waals surface area contributed by atoms with Crippen LogP contribution in [0.15, 0.2) is 11.9 Å². The maximum Gasteiger partial charge on any atom is 0.109 e. The molecule has 14 heavy (non-hydrogen) atoms. The second-order valence-corrected chi connectivity index (χ2v) is 7.46. The molecular formula is C12H23OP. The van der Waals surface area contributed by atoms with Gasteiger partial charge < -0.3 is 4.57 Å². The standard InChI is InChI=1S/C12H23OP/c1-3-5-8-12(4-2)11-14(13)9-6-7-10-14/h6,9,12H,3-5,7-8,10-11H2,1-2H3. The van der Waals surface area contributed by atoms with Crippen LogP contribution < -0.4 is 0 Å². The summed E-state index contributed by atoms with van der Waals surface area (Å²) in [6.07, 6.45) is 10.1. The van der Waals surface area contributed by atoms with E-state index in [4.69, 9.17) is 0 Å². The minimum Gasteiger partial charge on any atom is -0.319 e. The lowest BCUT2D eigenvalue weighted by Crippen LogP contribution is -2.05. The van der Waals surface area contributed by atoms with E-state index in [1.54, 1.807) is 0 Å². The maximum atomic E-state index is 12.3. The van der Waals surface area contributed by atoms with Crippen LogP contribution in [0.25, 0.3) is 0 Å². The summed E-state index contributed by atoms with van der Waals surface area (Å²) in [7, 11) is -1.86. The lowest BCUT2D eigenvalue weighted by Gasteiger charge is -2.18. The molecule has 2 unspecified atom stereocenters. The predicted octanol–water partition coefficient (Wildman–Crippen LogP) is 4.48. The molecule has 0 radical (unpaired) electrons. The molecule has 2 atom stereocenters. The van der Waals surface area contributed by atoms with Crippen LogP contribution in [0, 0.1) is 5.92 Å². The average molecular weight is 214 g/mol. The molecule has 0 amide bonds. The highest BCUT2D eigenvalue weighted by atomic mass is 31.2. The Balaban J connectivity index is 2.39. The third-order valence-corrected chi connectivity index (χ3v) is 6.07. The summed E-state index contributed by atoms with van der Waals surface area (Å²) in [6, 6.07) is 0. The van der Waals surface area contributed by atoms with Crippen LogP contribution in [-0.4, -0.2) is 12.3 Å². The van der Waals surface area contributed by atoms with Gasteiger partial charge in [0.25, 0.3) is 0 Å². The van der Waals surface area contributed by atoms with E-state index >= 15 is 0 Å². The summed E-state index contributed by atoms with van der Waals surface area (Å²) in [5.41, 5.74) is 0. The Morgan fingerprint density at radius 2 is 2.21 bits per heavy atom. The Morgan fingerprint density at radius 3 is 2.71 bits per heavy atom. The molecule has 2 heteroatoms. The van der Waals surface area contributed by atoms with Crippen molar-refractivity contribution in [3.05, 3.63) is 11.9 Å². The first-order valence-corrected chi connectivity index (χ1v) is 8.10. The van der Waals surface area contributed by atoms with Gasteiger partial charge in [0.2, 0.25) is 0 Å². The number of unbranched alkanes of at least 4 members (excludes halogenated alkanes) is 1. The molecule has 0 N–H and O–H groups in total. The first-order valence-electron chi connectivity index (χ1n) is 5.95. The van der Waals surface area contributed by atoms with Gasteiger partial charge in [-0.2, -0.15) is 0 Å². The van der Waals surface area contributed by atoms with E-state index in [1.807, 2.05) is 5.82 Å². The van der Waals surface area contributed by atoms with Crippen molar-refractivity contribution in [1.82, 2.24) is 0 Å². The first kappa shape index (κ1) is 12.0. The van der Waals surface area contributed by atoms with E-state index in [0.717, 1.165) is 18.7 Å². The van der Waals surface area contributed by atoms with Crippen molar-refractivity contribution in [1.29, 1.82) is 0 Å². The maximum absolute atomic E-state index is 12.3. The van der Waals surface area contributed by atoms with E-state index in [2.05, 4.69) is 19.9 Å². The van der Waals surface area contributed by atoms with Crippen LogP contribution >= 0.6 is 7.14 Å². The zero-order chi connectivity index (χ0) is 10.4. The molecule has 0 spiro atoms. The summed E-state index contributed by atoms with van der Waals surface area (Å²) >= 11 is 0. The molecule has 0 aliphatic carbocycles. The van der Waals surface area contributed by atoms with Crippen LogP contribution in [0.3, 0.4) is 0 Å². The molecule has 0 saturated heterocycles. The van der Waals surface area contributed by atoms with Gasteiger partial charge in [-0.05, 0) is 18.2 Å². The summed E-state index contributed by atoms with van der Waals surface area (Å²) < 4.78 is 12.3. The van der Waals surface area contributed by atoms with Crippen molar-refractivity contribution in [3.63, 3.8) is 0 Å². The van der Waals surface area contributed by atoms with Gasteiger partial charge in [-0.25, -0.2) is 0 Å². The fourth-order valence-corrected chi connectivity index (χ4v) is 5.03. The van der Waals surface area contributed by atoms with E-state index in [9.17, 15) is 4.57 Å². The Bertz CT molecular complexity index is 232. The zero-order valence-corrected chi connectivity index (χ0v) is 10.4. The molecule has 0 aromatic rings. The number of allylic oxidation sites excluding steroid dienone is 1. The molecule has 1 nitrogen and oxygen atoms in total. The van der Waals surface area contributed by atoms with Gasteiger partial charge in [-0.1, -0.05) is 45.6 Å². The second-order valence-electron chi connectivity index (χ2n) is 4.45. The predicted molar refractivity (Wildman–Crippen MR) is 64.4 cm³/mol. The molecule has 1 aliphatic heterocycles. The van der Waals surface area contributed by atoms with Crippen molar-refractivity contribution in [2.45, 2.75) is 46.0 Å². The number of hydrogen-bond acceptors (Lipinski definition) is 1. The van der Waals surface area contributed by atoms with E-state index in [-0.39, 0.29) is 0 Å². The molecule has 0 saturated carbocycles. The van der Waals surface area contributed by atoms with Gasteiger partial charge in [-0.15, -0.1) is 0 Å². The fraction of sp³-hybridized carbons (Fsp3) is 0.833. The Morgan fingerprint density at radius 1 is 1.43 bits per heavy atom. The van der Waals surface area contributed by atoms with Crippen molar-refractivity contribution >= 4 is 7.14 Å². The van der Waals surface area contributed by atoms with Crippen molar-refractivity contribution in [2.75, 3.05) is 12.3 Å². The Kier molecular flexibility index (Phi) is 4.95. The van der Waals surface area contributed by atoms with E-state index in [0.29, 0.717) is 5.92 Å². The highest BCUT2D eigenvalue weighted by Crippen LogP contribution is 2.53. The lowest BCUT2D eigenvalue weighted by atomic mass is 10.0. The third-order valence-electron chi connectivity index (χ3n) is 3.16. The summed E-state index contributed by atoms with van der Waals surface area (Å²) in [5, 5.41) is 0. The van der Waals surface area contributed by atoms with E-state index < -0.39 is 7.14 Å². The largest absolute Gasteiger partial charge is 0.319 e. The minimum absolute atomic E-state index is 0.698. The molecule has 1 heterocycles. The fourth-order valence-electron chi connectivity index (χ4n) is 2.14. The normalized spacial score (nSPS) is 28.1. The van der Waals surface area contributed by atoms with Gasteiger partial charge in [0, 0.05) is 12.3 Å². The van der Waals surface area contributed by atoms with Crippen LogP contribution in [0.5, 0.6) is 0 Å². The summed E-state index contributed by atoms with van der Waals surface area (Å²) in [6.45, 7) is 4.45. The van der Waals surface area contributed by atoms with Crippen LogP contribution in [0.2, 0.25) is 0 Å². The van der Waals surface area contributed by atoms with E-state index in [1.165, 1.54) is 25.7 Å². The molecule has 1 aliphatic rings. The van der Waals surface area contributed by atoms with Gasteiger partial charge in [0.05, 0.1) is 0 Å². The van der Waals surface area contributed by atoms with Crippen LogP contribution in [-0.2, 0) is 4.57 Å². The molecule has 0 fully saturated rings. The van der Waals surface area contributed by atoms with Crippen molar-refractivity contribution in [3.8, 4) is 0 Å². The second kappa shape index (κ2) is 5.75. The Hall–Kier alpha value is -0.0300. The Labute approximate surface area is 88.3 Å². The number of hydrogen-bond donors (Lipinski definition) is 0. The van der Waals surface area contributed by atoms with Crippen molar-refractivity contribution < 1.29 is 4.57 Å². The molecule has 82 valence electrons. The smallest absolute Gasteiger partial charge is 0.109 e. The number of rotatable bonds is 6. The molecular weight excluding hydrogens is 191 g/mol. The average Bonchev–Trinajstić information content (AvgIpc) is 2.60. The first-order chi connectivity index (χ1) is 6.70. The summed E-state index contributed by atoms with van der Waals surface area (Å²) in [5.74, 6) is 2.71. The SMILES string of the molecule is CCCCC(CC)CP1(=O)C=CCC1. The van der Waals surface area contributed by atoms with Crippen LogP contribution in [0.4, 0.5) is 0 Å². The highest BCUT2D eigenvalue weighted by molar-refractivity contribution is 7.67. The highest BCUT2D eigenvalue weighted by Gasteiger charge is 2.25. The van der Waals surface area contributed by atoms with Gasteiger partial charge >= 0.3 is 0 Å². The minimum atomic E-state index is -1.86. The monoisotopic (exact) mass is 214 g/mol. The third kappa shape index (κ3) is 3.61. The molecule has 0 bridgehead atoms.